The molecule has 1 aromatic heterocycles. The lowest BCUT2D eigenvalue weighted by molar-refractivity contribution is -0.126. The maximum absolute atomic E-state index is 12.8. The van der Waals surface area contributed by atoms with Gasteiger partial charge in [-0.25, -0.2) is 8.78 Å². The van der Waals surface area contributed by atoms with E-state index in [-0.39, 0.29) is 30.8 Å². The van der Waals surface area contributed by atoms with Crippen LogP contribution in [-0.4, -0.2) is 67.3 Å². The van der Waals surface area contributed by atoms with E-state index in [1.54, 1.807) is 12.1 Å². The Labute approximate surface area is 147 Å². The molecule has 0 radical (unpaired) electrons. The third-order valence-corrected chi connectivity index (χ3v) is 3.90. The summed E-state index contributed by atoms with van der Waals surface area (Å²) in [5, 5.41) is 2.47. The number of hydrogen-bond acceptors (Lipinski definition) is 4. The summed E-state index contributed by atoms with van der Waals surface area (Å²) >= 11 is 0. The maximum Gasteiger partial charge on any atom is 0.326 e. The van der Waals surface area contributed by atoms with Crippen LogP contribution in [0, 0.1) is 0 Å². The predicted molar refractivity (Wildman–Crippen MR) is 86.5 cm³/mol. The summed E-state index contributed by atoms with van der Waals surface area (Å²) in [7, 11) is 1.49. The van der Waals surface area contributed by atoms with Gasteiger partial charge in [-0.2, -0.15) is 8.78 Å². The zero-order valence-corrected chi connectivity index (χ0v) is 14.0. The first-order valence-corrected chi connectivity index (χ1v) is 7.82. The number of halogens is 4. The van der Waals surface area contributed by atoms with Crippen molar-refractivity contribution < 1.29 is 27.2 Å². The van der Waals surface area contributed by atoms with Crippen LogP contribution in [-0.2, 0) is 4.79 Å². The van der Waals surface area contributed by atoms with E-state index in [4.69, 9.17) is 0 Å². The molecule has 1 aromatic rings. The van der Waals surface area contributed by atoms with Gasteiger partial charge in [0.1, 0.15) is 5.69 Å². The molecule has 0 aromatic carbocycles. The second kappa shape index (κ2) is 8.15. The number of nitrogens with zero attached hydrogens (tertiary/aromatic N) is 3. The van der Waals surface area contributed by atoms with Crippen LogP contribution in [0.25, 0.3) is 0 Å². The Morgan fingerprint density at radius 1 is 1.27 bits per heavy atom. The molecule has 26 heavy (non-hydrogen) atoms. The van der Waals surface area contributed by atoms with Crippen LogP contribution in [0.4, 0.5) is 23.2 Å². The minimum atomic E-state index is -4.33. The van der Waals surface area contributed by atoms with E-state index in [0.29, 0.717) is 19.2 Å². The van der Waals surface area contributed by atoms with Gasteiger partial charge in [0.05, 0.1) is 0 Å². The molecule has 142 valence electrons. The van der Waals surface area contributed by atoms with Crippen molar-refractivity contribution in [2.75, 3.05) is 38.1 Å². The molecule has 2 amide bonds. The van der Waals surface area contributed by atoms with Gasteiger partial charge >= 0.3 is 12.3 Å². The molecule has 2 heterocycles. The summed E-state index contributed by atoms with van der Waals surface area (Å²) in [6.07, 6.45) is -1.94. The standard InChI is InChI=1S/C16H18F4N4O2/c1-21-14(26)12-10-11(3-5-22-12)23-6-8-24(9-7-23)13(25)2-4-16(19,20)15(17)18/h2-5,10,15H,6-9H2,1H3,(H,21,26)/b4-2+. The predicted octanol–water partition coefficient (Wildman–Crippen LogP) is 1.55. The second-order valence-electron chi connectivity index (χ2n) is 5.60. The van der Waals surface area contributed by atoms with Crippen molar-refractivity contribution in [2.24, 2.45) is 0 Å². The second-order valence-corrected chi connectivity index (χ2v) is 5.60. The summed E-state index contributed by atoms with van der Waals surface area (Å²) < 4.78 is 49.9. The number of anilines is 1. The van der Waals surface area contributed by atoms with E-state index in [2.05, 4.69) is 10.3 Å². The van der Waals surface area contributed by atoms with Crippen LogP contribution in [0.5, 0.6) is 0 Å². The minimum absolute atomic E-state index is 0.0646. The quantitative estimate of drug-likeness (QED) is 0.627. The van der Waals surface area contributed by atoms with Crippen molar-refractivity contribution in [1.82, 2.24) is 15.2 Å². The Hall–Kier alpha value is -2.65. The van der Waals surface area contributed by atoms with Gasteiger partial charge in [0.2, 0.25) is 5.91 Å². The smallest absolute Gasteiger partial charge is 0.326 e. The summed E-state index contributed by atoms with van der Waals surface area (Å²) in [6.45, 7) is 1.28. The summed E-state index contributed by atoms with van der Waals surface area (Å²) in [5.74, 6) is -5.40. The average Bonchev–Trinajstić information content (AvgIpc) is 2.65. The van der Waals surface area contributed by atoms with Crippen LogP contribution in [0.15, 0.2) is 30.5 Å². The van der Waals surface area contributed by atoms with Gasteiger partial charge < -0.3 is 15.1 Å². The minimum Gasteiger partial charge on any atom is -0.368 e. The van der Waals surface area contributed by atoms with E-state index in [1.165, 1.54) is 18.1 Å². The van der Waals surface area contributed by atoms with Crippen LogP contribution < -0.4 is 10.2 Å². The highest BCUT2D eigenvalue weighted by Crippen LogP contribution is 2.24. The number of nitrogens with one attached hydrogen (secondary N) is 1. The third kappa shape index (κ3) is 4.70. The summed E-state index contributed by atoms with van der Waals surface area (Å²) in [5.41, 5.74) is 0.992. The molecule has 0 unspecified atom stereocenters. The molecular weight excluding hydrogens is 356 g/mol. The lowest BCUT2D eigenvalue weighted by Gasteiger charge is -2.35. The first-order valence-electron chi connectivity index (χ1n) is 7.82. The van der Waals surface area contributed by atoms with Gasteiger partial charge in [-0.3, -0.25) is 14.6 Å². The molecule has 1 saturated heterocycles. The number of allylic oxidation sites excluding steroid dienone is 1. The van der Waals surface area contributed by atoms with Crippen LogP contribution in [0.3, 0.4) is 0 Å². The van der Waals surface area contributed by atoms with Crippen LogP contribution >= 0.6 is 0 Å². The number of aromatic nitrogens is 1. The van der Waals surface area contributed by atoms with E-state index < -0.39 is 18.3 Å². The number of piperazine rings is 1. The summed E-state index contributed by atoms with van der Waals surface area (Å²) in [6, 6.07) is 3.33. The van der Waals surface area contributed by atoms with E-state index in [0.717, 1.165) is 5.69 Å². The Kier molecular flexibility index (Phi) is 6.17. The number of hydrogen-bond donors (Lipinski definition) is 1. The van der Waals surface area contributed by atoms with Gasteiger partial charge in [-0.15, -0.1) is 0 Å². The summed E-state index contributed by atoms with van der Waals surface area (Å²) in [4.78, 5) is 30.7. The molecule has 1 fully saturated rings. The molecule has 0 bridgehead atoms. The largest absolute Gasteiger partial charge is 0.368 e. The molecule has 6 nitrogen and oxygen atoms in total. The molecule has 0 aliphatic carbocycles. The van der Waals surface area contributed by atoms with E-state index in [9.17, 15) is 27.2 Å². The van der Waals surface area contributed by atoms with Gasteiger partial charge in [-0.05, 0) is 18.2 Å². The Morgan fingerprint density at radius 3 is 2.50 bits per heavy atom. The van der Waals surface area contributed by atoms with Crippen molar-refractivity contribution in [3.05, 3.63) is 36.2 Å². The number of amides is 2. The van der Waals surface area contributed by atoms with Gasteiger partial charge in [0, 0.05) is 51.2 Å². The van der Waals surface area contributed by atoms with Gasteiger partial charge in [0.25, 0.3) is 5.91 Å². The highest BCUT2D eigenvalue weighted by molar-refractivity contribution is 5.93. The molecule has 0 atom stereocenters. The Morgan fingerprint density at radius 2 is 1.92 bits per heavy atom. The molecule has 1 aliphatic heterocycles. The fraction of sp³-hybridized carbons (Fsp3) is 0.438. The molecule has 0 spiro atoms. The van der Waals surface area contributed by atoms with Crippen molar-refractivity contribution in [3.63, 3.8) is 0 Å². The van der Waals surface area contributed by atoms with Crippen molar-refractivity contribution in [1.29, 1.82) is 0 Å². The molecule has 0 saturated carbocycles. The highest BCUT2D eigenvalue weighted by Gasteiger charge is 2.38. The number of rotatable bonds is 5. The topological polar surface area (TPSA) is 65.5 Å². The Bertz CT molecular complexity index is 689. The zero-order chi connectivity index (χ0) is 19.3. The maximum atomic E-state index is 12.8. The van der Waals surface area contributed by atoms with Crippen molar-refractivity contribution in [3.8, 4) is 0 Å². The first kappa shape index (κ1) is 19.7. The number of pyridine rings is 1. The fourth-order valence-electron chi connectivity index (χ4n) is 2.41. The monoisotopic (exact) mass is 374 g/mol. The van der Waals surface area contributed by atoms with Gasteiger partial charge in [0.15, 0.2) is 0 Å². The lowest BCUT2D eigenvalue weighted by atomic mass is 10.2. The molecule has 1 N–H and O–H groups in total. The molecular formula is C16H18F4N4O2. The first-order chi connectivity index (χ1) is 12.2. The normalized spacial score (nSPS) is 15.6. The average molecular weight is 374 g/mol. The number of carbonyl (C=O) groups is 2. The number of carbonyl (C=O) groups excluding carboxylic acids is 2. The SMILES string of the molecule is CNC(=O)c1cc(N2CCN(C(=O)/C=C/C(F)(F)C(F)F)CC2)ccn1. The molecule has 1 aliphatic rings. The lowest BCUT2D eigenvalue weighted by Crippen LogP contribution is -2.48. The molecule has 2 rings (SSSR count). The van der Waals surface area contributed by atoms with E-state index in [1.807, 2.05) is 4.90 Å². The fourth-order valence-corrected chi connectivity index (χ4v) is 2.41. The van der Waals surface area contributed by atoms with E-state index >= 15 is 0 Å². The zero-order valence-electron chi connectivity index (χ0n) is 14.0. The number of alkyl halides is 4. The van der Waals surface area contributed by atoms with Crippen LogP contribution in [0.2, 0.25) is 0 Å². The Balaban J connectivity index is 1.96. The van der Waals surface area contributed by atoms with Gasteiger partial charge in [-0.1, -0.05) is 0 Å². The third-order valence-electron chi connectivity index (χ3n) is 3.90. The van der Waals surface area contributed by atoms with Crippen molar-refractivity contribution in [2.45, 2.75) is 12.3 Å². The van der Waals surface area contributed by atoms with Crippen LogP contribution in [0.1, 0.15) is 10.5 Å². The highest BCUT2D eigenvalue weighted by atomic mass is 19.3. The molecule has 10 heteroatoms. The van der Waals surface area contributed by atoms with Crippen molar-refractivity contribution >= 4 is 17.5 Å².